The van der Waals surface area contributed by atoms with Gasteiger partial charge in [-0.3, -0.25) is 0 Å². The molecule has 1 aromatic rings. The van der Waals surface area contributed by atoms with E-state index in [2.05, 4.69) is 4.99 Å². The van der Waals surface area contributed by atoms with Gasteiger partial charge in [0.05, 0.1) is 0 Å². The molecular formula is C12H11F2NO. The molecule has 1 aliphatic carbocycles. The Balaban J connectivity index is 2.54. The van der Waals surface area contributed by atoms with Gasteiger partial charge in [0.15, 0.2) is 0 Å². The Hall–Kier alpha value is -1.54. The average Bonchev–Trinajstić information content (AvgIpc) is 2.18. The summed E-state index contributed by atoms with van der Waals surface area (Å²) in [5.41, 5.74) is -0.448. The normalized spacial score (nSPS) is 17.4. The second kappa shape index (κ2) is 3.80. The molecule has 1 aliphatic rings. The zero-order valence-corrected chi connectivity index (χ0v) is 8.89. The van der Waals surface area contributed by atoms with Gasteiger partial charge in [-0.1, -0.05) is 0 Å². The van der Waals surface area contributed by atoms with Crippen LogP contribution in [0.1, 0.15) is 30.4 Å². The van der Waals surface area contributed by atoms with Gasteiger partial charge in [-0.2, -0.15) is 4.99 Å². The molecule has 0 aromatic heterocycles. The number of nitrogens with zero attached hydrogens (tertiary/aromatic N) is 1. The summed E-state index contributed by atoms with van der Waals surface area (Å²) < 4.78 is 27.1. The SMILES string of the molecule is Cc1cc(F)c(C2(N=C=O)CCC2)cc1F. The highest BCUT2D eigenvalue weighted by Gasteiger charge is 2.41. The van der Waals surface area contributed by atoms with Crippen molar-refractivity contribution in [2.75, 3.05) is 0 Å². The summed E-state index contributed by atoms with van der Waals surface area (Å²) >= 11 is 0. The maximum atomic E-state index is 13.7. The highest BCUT2D eigenvalue weighted by molar-refractivity contribution is 5.40. The van der Waals surface area contributed by atoms with E-state index < -0.39 is 17.2 Å². The first-order valence-corrected chi connectivity index (χ1v) is 5.14. The topological polar surface area (TPSA) is 29.4 Å². The van der Waals surface area contributed by atoms with Gasteiger partial charge in [-0.25, -0.2) is 13.6 Å². The fraction of sp³-hybridized carbons (Fsp3) is 0.417. The third kappa shape index (κ3) is 1.55. The lowest BCUT2D eigenvalue weighted by Gasteiger charge is -2.37. The van der Waals surface area contributed by atoms with Crippen LogP contribution in [0.25, 0.3) is 0 Å². The van der Waals surface area contributed by atoms with Crippen molar-refractivity contribution in [3.05, 3.63) is 34.9 Å². The number of hydrogen-bond donors (Lipinski definition) is 0. The first-order valence-electron chi connectivity index (χ1n) is 5.14. The third-order valence-electron chi connectivity index (χ3n) is 3.19. The Kier molecular flexibility index (Phi) is 2.60. The molecule has 1 saturated carbocycles. The van der Waals surface area contributed by atoms with E-state index in [0.717, 1.165) is 18.6 Å². The van der Waals surface area contributed by atoms with E-state index in [0.29, 0.717) is 12.8 Å². The summed E-state index contributed by atoms with van der Waals surface area (Å²) in [6.45, 7) is 1.50. The maximum absolute atomic E-state index is 13.7. The molecule has 0 heterocycles. The third-order valence-corrected chi connectivity index (χ3v) is 3.19. The highest BCUT2D eigenvalue weighted by Crippen LogP contribution is 2.45. The van der Waals surface area contributed by atoms with Crippen LogP contribution in [0, 0.1) is 18.6 Å². The van der Waals surface area contributed by atoms with Crippen molar-refractivity contribution in [2.45, 2.75) is 31.7 Å². The summed E-state index contributed by atoms with van der Waals surface area (Å²) in [6.07, 6.45) is 3.46. The molecule has 2 nitrogen and oxygen atoms in total. The fourth-order valence-corrected chi connectivity index (χ4v) is 2.04. The molecule has 0 spiro atoms. The van der Waals surface area contributed by atoms with Gasteiger partial charge < -0.3 is 0 Å². The maximum Gasteiger partial charge on any atom is 0.235 e. The zero-order chi connectivity index (χ0) is 11.8. The molecule has 0 atom stereocenters. The number of isocyanates is 1. The van der Waals surface area contributed by atoms with Crippen molar-refractivity contribution in [3.8, 4) is 0 Å². The van der Waals surface area contributed by atoms with Crippen molar-refractivity contribution >= 4 is 6.08 Å². The van der Waals surface area contributed by atoms with E-state index in [1.54, 1.807) is 0 Å². The van der Waals surface area contributed by atoms with Crippen molar-refractivity contribution < 1.29 is 13.6 Å². The number of halogens is 2. The number of hydrogen-bond acceptors (Lipinski definition) is 2. The zero-order valence-electron chi connectivity index (χ0n) is 8.89. The molecule has 4 heteroatoms. The van der Waals surface area contributed by atoms with Gasteiger partial charge in [-0.05, 0) is 43.9 Å². The number of aryl methyl sites for hydroxylation is 1. The largest absolute Gasteiger partial charge is 0.235 e. The molecule has 0 radical (unpaired) electrons. The van der Waals surface area contributed by atoms with Crippen LogP contribution in [0.2, 0.25) is 0 Å². The molecule has 16 heavy (non-hydrogen) atoms. The van der Waals surface area contributed by atoms with Gasteiger partial charge in [-0.15, -0.1) is 0 Å². The van der Waals surface area contributed by atoms with Crippen molar-refractivity contribution in [2.24, 2.45) is 4.99 Å². The first-order chi connectivity index (χ1) is 7.59. The molecule has 2 rings (SSSR count). The molecule has 0 bridgehead atoms. The van der Waals surface area contributed by atoms with Crippen LogP contribution < -0.4 is 0 Å². The predicted octanol–water partition coefficient (Wildman–Crippen LogP) is 2.99. The minimum Gasteiger partial charge on any atom is -0.211 e. The summed E-state index contributed by atoms with van der Waals surface area (Å²) in [5, 5.41) is 0. The first kappa shape index (κ1) is 11.0. The van der Waals surface area contributed by atoms with E-state index in [1.807, 2.05) is 0 Å². The summed E-state index contributed by atoms with van der Waals surface area (Å²) in [5.74, 6) is -0.971. The minimum absolute atomic E-state index is 0.171. The molecule has 84 valence electrons. The summed E-state index contributed by atoms with van der Waals surface area (Å²) in [6, 6.07) is 2.29. The molecule has 1 aromatic carbocycles. The fourth-order valence-electron chi connectivity index (χ4n) is 2.04. The Bertz CT molecular complexity index is 474. The van der Waals surface area contributed by atoms with Crippen LogP contribution in [-0.4, -0.2) is 6.08 Å². The smallest absolute Gasteiger partial charge is 0.211 e. The van der Waals surface area contributed by atoms with Crippen LogP contribution in [0.15, 0.2) is 17.1 Å². The van der Waals surface area contributed by atoms with E-state index in [-0.39, 0.29) is 11.1 Å². The number of benzene rings is 1. The standard InChI is InChI=1S/C12H11F2NO/c1-8-5-11(14)9(6-10(8)13)12(15-7-16)3-2-4-12/h5-6H,2-4H2,1H3. The highest BCUT2D eigenvalue weighted by atomic mass is 19.1. The number of aliphatic imine (C=N–C) groups is 1. The van der Waals surface area contributed by atoms with Gasteiger partial charge in [0.1, 0.15) is 17.2 Å². The molecule has 0 N–H and O–H groups in total. The lowest BCUT2D eigenvalue weighted by Crippen LogP contribution is -2.33. The van der Waals surface area contributed by atoms with Crippen molar-refractivity contribution in [1.82, 2.24) is 0 Å². The molecule has 0 saturated heterocycles. The van der Waals surface area contributed by atoms with Gasteiger partial charge in [0.25, 0.3) is 0 Å². The van der Waals surface area contributed by atoms with Crippen LogP contribution in [0.3, 0.4) is 0 Å². The molecule has 0 unspecified atom stereocenters. The van der Waals surface area contributed by atoms with Gasteiger partial charge in [0, 0.05) is 5.56 Å². The van der Waals surface area contributed by atoms with Crippen LogP contribution >= 0.6 is 0 Å². The lowest BCUT2D eigenvalue weighted by atomic mass is 9.72. The van der Waals surface area contributed by atoms with Gasteiger partial charge >= 0.3 is 0 Å². The molecule has 0 aliphatic heterocycles. The Morgan fingerprint density at radius 1 is 1.31 bits per heavy atom. The Morgan fingerprint density at radius 2 is 2.00 bits per heavy atom. The van der Waals surface area contributed by atoms with E-state index in [1.165, 1.54) is 13.0 Å². The molecule has 0 amide bonds. The second-order valence-electron chi connectivity index (χ2n) is 4.17. The minimum atomic E-state index is -0.875. The quantitative estimate of drug-likeness (QED) is 0.559. The van der Waals surface area contributed by atoms with Crippen molar-refractivity contribution in [1.29, 1.82) is 0 Å². The molecule has 1 fully saturated rings. The van der Waals surface area contributed by atoms with Crippen LogP contribution in [0.5, 0.6) is 0 Å². The molecular weight excluding hydrogens is 212 g/mol. The second-order valence-corrected chi connectivity index (χ2v) is 4.17. The van der Waals surface area contributed by atoms with Gasteiger partial charge in [0.2, 0.25) is 6.08 Å². The van der Waals surface area contributed by atoms with Crippen LogP contribution in [-0.2, 0) is 10.3 Å². The summed E-state index contributed by atoms with van der Waals surface area (Å²) in [4.78, 5) is 14.0. The lowest BCUT2D eigenvalue weighted by molar-refractivity contribution is 0.246. The van der Waals surface area contributed by atoms with Crippen LogP contribution in [0.4, 0.5) is 8.78 Å². The van der Waals surface area contributed by atoms with E-state index >= 15 is 0 Å². The predicted molar refractivity (Wildman–Crippen MR) is 54.7 cm³/mol. The van der Waals surface area contributed by atoms with Crippen molar-refractivity contribution in [3.63, 3.8) is 0 Å². The number of carbonyl (C=O) groups excluding carboxylic acids is 1. The van der Waals surface area contributed by atoms with E-state index in [9.17, 15) is 13.6 Å². The monoisotopic (exact) mass is 223 g/mol. The Labute approximate surface area is 92.0 Å². The van der Waals surface area contributed by atoms with E-state index in [4.69, 9.17) is 0 Å². The summed E-state index contributed by atoms with van der Waals surface area (Å²) in [7, 11) is 0. The number of rotatable bonds is 2. The Morgan fingerprint density at radius 3 is 2.50 bits per heavy atom. The average molecular weight is 223 g/mol.